The standard InChI is InChI=1S/C11H18/c1-5-10(3)8-7-9-11(4)6-2/h5-8H,9H2,1-4H3/b8-7?,10-5-,11-6-. The van der Waals surface area contributed by atoms with Gasteiger partial charge < -0.3 is 0 Å². The third-order valence-electron chi connectivity index (χ3n) is 1.77. The van der Waals surface area contributed by atoms with E-state index in [-0.39, 0.29) is 0 Å². The lowest BCUT2D eigenvalue weighted by Gasteiger charge is -1.92. The first-order chi connectivity index (χ1) is 5.20. The average molecular weight is 150 g/mol. The highest BCUT2D eigenvalue weighted by molar-refractivity contribution is 5.16. The van der Waals surface area contributed by atoms with Crippen LogP contribution < -0.4 is 0 Å². The minimum atomic E-state index is 1.07. The topological polar surface area (TPSA) is 0 Å². The molecule has 0 radical (unpaired) electrons. The van der Waals surface area contributed by atoms with Crippen LogP contribution in [0.25, 0.3) is 0 Å². The van der Waals surface area contributed by atoms with Crippen molar-refractivity contribution in [1.82, 2.24) is 0 Å². The van der Waals surface area contributed by atoms with Gasteiger partial charge in [-0.25, -0.2) is 0 Å². The maximum absolute atomic E-state index is 2.20. The minimum absolute atomic E-state index is 1.07. The SMILES string of the molecule is C/C=C(/C)C=CC/C(C)=C\C. The summed E-state index contributed by atoms with van der Waals surface area (Å²) >= 11 is 0. The Bertz CT molecular complexity index is 180. The molecule has 0 aromatic rings. The van der Waals surface area contributed by atoms with E-state index in [4.69, 9.17) is 0 Å². The van der Waals surface area contributed by atoms with Gasteiger partial charge in [-0.1, -0.05) is 35.5 Å². The molecule has 0 spiro atoms. The molecule has 0 N–H and O–H groups in total. The van der Waals surface area contributed by atoms with Gasteiger partial charge in [-0.05, 0) is 34.1 Å². The Hall–Kier alpha value is -0.780. The van der Waals surface area contributed by atoms with Crippen LogP contribution in [0.4, 0.5) is 0 Å². The fourth-order valence-electron chi connectivity index (χ4n) is 0.645. The molecule has 0 heterocycles. The Morgan fingerprint density at radius 1 is 1.09 bits per heavy atom. The van der Waals surface area contributed by atoms with E-state index in [1.165, 1.54) is 11.1 Å². The molecule has 0 amide bonds. The van der Waals surface area contributed by atoms with Crippen molar-refractivity contribution in [2.75, 3.05) is 0 Å². The molecule has 0 bridgehead atoms. The normalized spacial score (nSPS) is 14.5. The molecule has 0 unspecified atom stereocenters. The van der Waals surface area contributed by atoms with Crippen LogP contribution in [-0.4, -0.2) is 0 Å². The quantitative estimate of drug-likeness (QED) is 0.423. The van der Waals surface area contributed by atoms with Crippen LogP contribution in [0.15, 0.2) is 35.5 Å². The summed E-state index contributed by atoms with van der Waals surface area (Å²) in [6.45, 7) is 8.39. The molecule has 0 rings (SSSR count). The van der Waals surface area contributed by atoms with Gasteiger partial charge in [0.25, 0.3) is 0 Å². The van der Waals surface area contributed by atoms with Crippen molar-refractivity contribution in [2.24, 2.45) is 0 Å². The van der Waals surface area contributed by atoms with Crippen LogP contribution in [-0.2, 0) is 0 Å². The Kier molecular flexibility index (Phi) is 5.54. The zero-order chi connectivity index (χ0) is 8.69. The Balaban J connectivity index is 3.79. The molecular weight excluding hydrogens is 132 g/mol. The fraction of sp³-hybridized carbons (Fsp3) is 0.455. The summed E-state index contributed by atoms with van der Waals surface area (Å²) in [6, 6.07) is 0. The zero-order valence-corrected chi connectivity index (χ0v) is 8.02. The molecule has 0 heteroatoms. The first-order valence-electron chi connectivity index (χ1n) is 4.12. The number of hydrogen-bond donors (Lipinski definition) is 0. The Morgan fingerprint density at radius 3 is 2.18 bits per heavy atom. The lowest BCUT2D eigenvalue weighted by Crippen LogP contribution is -1.71. The minimum Gasteiger partial charge on any atom is -0.0884 e. The van der Waals surface area contributed by atoms with Gasteiger partial charge in [0.2, 0.25) is 0 Å². The predicted molar refractivity (Wildman–Crippen MR) is 52.6 cm³/mol. The third-order valence-corrected chi connectivity index (χ3v) is 1.77. The first-order valence-corrected chi connectivity index (χ1v) is 4.12. The molecule has 0 aromatic carbocycles. The highest BCUT2D eigenvalue weighted by Crippen LogP contribution is 2.02. The predicted octanol–water partition coefficient (Wildman–Crippen LogP) is 3.87. The van der Waals surface area contributed by atoms with Crippen molar-refractivity contribution < 1.29 is 0 Å². The van der Waals surface area contributed by atoms with Crippen molar-refractivity contribution >= 4 is 0 Å². The van der Waals surface area contributed by atoms with Crippen molar-refractivity contribution in [2.45, 2.75) is 34.1 Å². The number of allylic oxidation sites excluding steroid dienone is 6. The van der Waals surface area contributed by atoms with E-state index in [0.717, 1.165) is 6.42 Å². The Labute approximate surface area is 70.3 Å². The monoisotopic (exact) mass is 150 g/mol. The second-order valence-electron chi connectivity index (χ2n) is 2.77. The van der Waals surface area contributed by atoms with Gasteiger partial charge >= 0.3 is 0 Å². The molecular formula is C11H18. The summed E-state index contributed by atoms with van der Waals surface area (Å²) in [4.78, 5) is 0. The van der Waals surface area contributed by atoms with Gasteiger partial charge in [-0.2, -0.15) is 0 Å². The Morgan fingerprint density at radius 2 is 1.73 bits per heavy atom. The lowest BCUT2D eigenvalue weighted by molar-refractivity contribution is 1.19. The van der Waals surface area contributed by atoms with Gasteiger partial charge in [-0.3, -0.25) is 0 Å². The van der Waals surface area contributed by atoms with E-state index in [1.54, 1.807) is 0 Å². The summed E-state index contributed by atoms with van der Waals surface area (Å²) in [5, 5.41) is 0. The molecule has 0 aromatic heterocycles. The summed E-state index contributed by atoms with van der Waals surface area (Å²) in [5.74, 6) is 0. The number of hydrogen-bond acceptors (Lipinski definition) is 0. The van der Waals surface area contributed by atoms with Crippen LogP contribution in [0.2, 0.25) is 0 Å². The summed E-state index contributed by atoms with van der Waals surface area (Å²) < 4.78 is 0. The molecule has 0 saturated carbocycles. The van der Waals surface area contributed by atoms with Crippen molar-refractivity contribution in [3.63, 3.8) is 0 Å². The van der Waals surface area contributed by atoms with E-state index >= 15 is 0 Å². The largest absolute Gasteiger partial charge is 0.0884 e. The summed E-state index contributed by atoms with van der Waals surface area (Å²) in [5.41, 5.74) is 2.75. The molecule has 11 heavy (non-hydrogen) atoms. The highest BCUT2D eigenvalue weighted by Gasteiger charge is 1.81. The molecule has 0 aliphatic heterocycles. The molecule has 62 valence electrons. The van der Waals surface area contributed by atoms with Gasteiger partial charge in [0.15, 0.2) is 0 Å². The molecule has 0 fully saturated rings. The van der Waals surface area contributed by atoms with Crippen LogP contribution in [0.5, 0.6) is 0 Å². The third kappa shape index (κ3) is 5.65. The average Bonchev–Trinajstić information content (AvgIpc) is 2.04. The van der Waals surface area contributed by atoms with Crippen LogP contribution in [0.1, 0.15) is 34.1 Å². The molecule has 0 saturated heterocycles. The molecule has 0 aliphatic rings. The molecule has 0 aliphatic carbocycles. The summed E-state index contributed by atoms with van der Waals surface area (Å²) in [7, 11) is 0. The van der Waals surface area contributed by atoms with Crippen molar-refractivity contribution in [3.8, 4) is 0 Å². The van der Waals surface area contributed by atoms with Crippen molar-refractivity contribution in [1.29, 1.82) is 0 Å². The van der Waals surface area contributed by atoms with Crippen LogP contribution in [0.3, 0.4) is 0 Å². The maximum Gasteiger partial charge on any atom is -0.0138 e. The van der Waals surface area contributed by atoms with Crippen molar-refractivity contribution in [3.05, 3.63) is 35.5 Å². The van der Waals surface area contributed by atoms with E-state index in [2.05, 4.69) is 52.0 Å². The van der Waals surface area contributed by atoms with E-state index in [9.17, 15) is 0 Å². The van der Waals surface area contributed by atoms with Crippen LogP contribution in [0, 0.1) is 0 Å². The summed E-state index contributed by atoms with van der Waals surface area (Å²) in [6.07, 6.45) is 9.69. The first kappa shape index (κ1) is 10.2. The molecule has 0 nitrogen and oxygen atoms in total. The van der Waals surface area contributed by atoms with E-state index in [0.29, 0.717) is 0 Å². The van der Waals surface area contributed by atoms with E-state index < -0.39 is 0 Å². The van der Waals surface area contributed by atoms with Crippen LogP contribution >= 0.6 is 0 Å². The molecule has 0 atom stereocenters. The van der Waals surface area contributed by atoms with Gasteiger partial charge in [0, 0.05) is 0 Å². The second kappa shape index (κ2) is 5.96. The van der Waals surface area contributed by atoms with Gasteiger partial charge in [0.05, 0.1) is 0 Å². The maximum atomic E-state index is 2.20. The zero-order valence-electron chi connectivity index (χ0n) is 8.02. The second-order valence-corrected chi connectivity index (χ2v) is 2.77. The highest BCUT2D eigenvalue weighted by atomic mass is 13.9. The van der Waals surface area contributed by atoms with Gasteiger partial charge in [-0.15, -0.1) is 0 Å². The smallest absolute Gasteiger partial charge is 0.0138 e. The van der Waals surface area contributed by atoms with Gasteiger partial charge in [0.1, 0.15) is 0 Å². The number of rotatable bonds is 3. The fourth-order valence-corrected chi connectivity index (χ4v) is 0.645. The lowest BCUT2D eigenvalue weighted by atomic mass is 10.2. The van der Waals surface area contributed by atoms with E-state index in [1.807, 2.05) is 0 Å².